The number of hydrogen-bond donors (Lipinski definition) is 1. The smallest absolute Gasteiger partial charge is 0.401 e. The van der Waals surface area contributed by atoms with E-state index in [0.717, 1.165) is 0 Å². The van der Waals surface area contributed by atoms with Crippen molar-refractivity contribution >= 4 is 10.1 Å². The lowest BCUT2D eigenvalue weighted by Crippen LogP contribution is -2.48. The summed E-state index contributed by atoms with van der Waals surface area (Å²) in [5.74, 6) is 0. The highest BCUT2D eigenvalue weighted by atomic mass is 32.2. The van der Waals surface area contributed by atoms with E-state index in [1.165, 1.54) is 0 Å². The largest absolute Gasteiger partial charge is 0.484 e. The normalized spacial score (nSPS) is 13.9. The van der Waals surface area contributed by atoms with Crippen LogP contribution in [0.2, 0.25) is 0 Å². The van der Waals surface area contributed by atoms with Gasteiger partial charge in [-0.1, -0.05) is 0 Å². The molecule has 0 atom stereocenters. The predicted molar refractivity (Wildman–Crippen MR) is 32.8 cm³/mol. The highest BCUT2D eigenvalue weighted by molar-refractivity contribution is 7.86. The minimum absolute atomic E-state index is 2.06. The maximum absolute atomic E-state index is 12.1. The molecule has 4 nitrogen and oxygen atoms in total. The van der Waals surface area contributed by atoms with Crippen molar-refractivity contribution in [1.82, 2.24) is 0 Å². The molecule has 0 aromatic carbocycles. The molecule has 0 fully saturated rings. The number of rotatable bonds is 4. The topological polar surface area (TPSA) is 63.6 Å². The van der Waals surface area contributed by atoms with Gasteiger partial charge in [0.1, 0.15) is 0 Å². The lowest BCUT2D eigenvalue weighted by molar-refractivity contribution is -0.308. The molecular formula is C4H3F5O4S. The van der Waals surface area contributed by atoms with Crippen molar-refractivity contribution < 1.29 is 39.7 Å². The molecule has 0 aromatic rings. The van der Waals surface area contributed by atoms with Crippen LogP contribution in [0, 0.1) is 0 Å². The van der Waals surface area contributed by atoms with Crippen LogP contribution >= 0.6 is 0 Å². The Balaban J connectivity index is 5.18. The van der Waals surface area contributed by atoms with Crippen LogP contribution in [0.4, 0.5) is 22.0 Å². The van der Waals surface area contributed by atoms with E-state index >= 15 is 0 Å². The minimum Gasteiger partial charge on any atom is -0.401 e. The van der Waals surface area contributed by atoms with Gasteiger partial charge in [-0.05, 0) is 6.58 Å². The molecule has 0 heterocycles. The number of hydrogen-bond acceptors (Lipinski definition) is 3. The summed E-state index contributed by atoms with van der Waals surface area (Å²) in [6.45, 7) is 2.06. The zero-order valence-electron chi connectivity index (χ0n) is 6.18. The van der Waals surface area contributed by atoms with E-state index in [1.54, 1.807) is 0 Å². The van der Waals surface area contributed by atoms with E-state index in [-0.39, 0.29) is 0 Å². The summed E-state index contributed by atoms with van der Waals surface area (Å²) in [5.41, 5.74) is 0. The van der Waals surface area contributed by atoms with Gasteiger partial charge >= 0.3 is 21.5 Å². The second-order valence-corrected chi connectivity index (χ2v) is 3.43. The minimum atomic E-state index is -6.42. The molecule has 0 spiro atoms. The monoisotopic (exact) mass is 242 g/mol. The third-order valence-corrected chi connectivity index (χ3v) is 1.79. The van der Waals surface area contributed by atoms with Gasteiger partial charge in [-0.15, -0.1) is 0 Å². The average Bonchev–Trinajstić information content (AvgIpc) is 1.80. The van der Waals surface area contributed by atoms with Crippen LogP contribution in [-0.2, 0) is 14.9 Å². The molecule has 0 amide bonds. The molecule has 0 aliphatic carbocycles. The van der Waals surface area contributed by atoms with E-state index in [1.807, 2.05) is 0 Å². The molecule has 0 unspecified atom stereocenters. The van der Waals surface area contributed by atoms with E-state index in [4.69, 9.17) is 4.55 Å². The van der Waals surface area contributed by atoms with Crippen molar-refractivity contribution in [3.63, 3.8) is 0 Å². The molecule has 0 aliphatic heterocycles. The van der Waals surface area contributed by atoms with Gasteiger partial charge in [-0.2, -0.15) is 30.4 Å². The fraction of sp³-hybridized carbons (Fsp3) is 0.500. The van der Waals surface area contributed by atoms with Gasteiger partial charge < -0.3 is 4.74 Å². The molecule has 0 saturated carbocycles. The Hall–Kier alpha value is -0.900. The summed E-state index contributed by atoms with van der Waals surface area (Å²) in [6.07, 6.45) is -5.74. The maximum atomic E-state index is 12.1. The molecule has 1 N–H and O–H groups in total. The molecule has 0 radical (unpaired) electrons. The van der Waals surface area contributed by atoms with Crippen LogP contribution in [0.1, 0.15) is 0 Å². The van der Waals surface area contributed by atoms with Crippen molar-refractivity contribution in [1.29, 1.82) is 0 Å². The van der Waals surface area contributed by atoms with Gasteiger partial charge in [0.05, 0.1) is 0 Å². The number of ether oxygens (including phenoxy) is 1. The Kier molecular flexibility index (Phi) is 3.13. The molecule has 0 bridgehead atoms. The van der Waals surface area contributed by atoms with Crippen LogP contribution in [0.3, 0.4) is 0 Å². The molecule has 0 aromatic heterocycles. The van der Waals surface area contributed by atoms with Crippen molar-refractivity contribution in [2.45, 2.75) is 11.4 Å². The molecule has 10 heteroatoms. The Labute approximate surface area is 74.7 Å². The predicted octanol–water partition coefficient (Wildman–Crippen LogP) is 1.52. The first-order valence-corrected chi connectivity index (χ1v) is 4.12. The third-order valence-electron chi connectivity index (χ3n) is 0.902. The molecule has 0 rings (SSSR count). The first-order chi connectivity index (χ1) is 5.92. The van der Waals surface area contributed by atoms with Crippen LogP contribution in [0.15, 0.2) is 12.6 Å². The van der Waals surface area contributed by atoms with Gasteiger partial charge in [-0.25, -0.2) is 0 Å². The van der Waals surface area contributed by atoms with Crippen LogP contribution in [-0.4, -0.2) is 24.3 Å². The second kappa shape index (κ2) is 3.35. The summed E-state index contributed by atoms with van der Waals surface area (Å²) >= 11 is 0. The fourth-order valence-electron chi connectivity index (χ4n) is 0.349. The highest BCUT2D eigenvalue weighted by Crippen LogP contribution is 2.40. The zero-order valence-corrected chi connectivity index (χ0v) is 6.99. The van der Waals surface area contributed by atoms with Gasteiger partial charge in [-0.3, -0.25) is 4.55 Å². The zero-order chi connectivity index (χ0) is 11.8. The highest BCUT2D eigenvalue weighted by Gasteiger charge is 2.69. The first-order valence-electron chi connectivity index (χ1n) is 2.68. The molecule has 14 heavy (non-hydrogen) atoms. The van der Waals surface area contributed by atoms with Gasteiger partial charge in [0.15, 0.2) is 0 Å². The lowest BCUT2D eigenvalue weighted by atomic mass is 10.6. The molecule has 0 aliphatic rings. The van der Waals surface area contributed by atoms with E-state index in [2.05, 4.69) is 11.3 Å². The maximum Gasteiger partial charge on any atom is 0.484 e. The van der Waals surface area contributed by atoms with Crippen molar-refractivity contribution in [3.05, 3.63) is 12.6 Å². The lowest BCUT2D eigenvalue weighted by Gasteiger charge is -2.22. The van der Waals surface area contributed by atoms with Crippen LogP contribution < -0.4 is 0 Å². The number of halogens is 5. The summed E-state index contributed by atoms with van der Waals surface area (Å²) in [7, 11) is -6.42. The van der Waals surface area contributed by atoms with Gasteiger partial charge in [0.25, 0.3) is 6.01 Å². The van der Waals surface area contributed by atoms with Gasteiger partial charge in [0.2, 0.25) is 0 Å². The van der Waals surface area contributed by atoms with Crippen LogP contribution in [0.25, 0.3) is 0 Å². The summed E-state index contributed by atoms with van der Waals surface area (Å²) in [5, 5.41) is -5.96. The first kappa shape index (κ1) is 13.1. The Morgan fingerprint density at radius 3 is 1.86 bits per heavy atom. The van der Waals surface area contributed by atoms with Crippen molar-refractivity contribution in [3.8, 4) is 0 Å². The fourth-order valence-corrected chi connectivity index (χ4v) is 0.691. The van der Waals surface area contributed by atoms with Crippen LogP contribution in [0.5, 0.6) is 0 Å². The van der Waals surface area contributed by atoms with Gasteiger partial charge in [0, 0.05) is 0 Å². The summed E-state index contributed by atoms with van der Waals surface area (Å²) < 4.78 is 90.0. The average molecular weight is 242 g/mol. The van der Waals surface area contributed by atoms with E-state index < -0.39 is 27.5 Å². The Morgan fingerprint density at radius 1 is 1.29 bits per heavy atom. The third kappa shape index (κ3) is 2.32. The molecule has 84 valence electrons. The second-order valence-electron chi connectivity index (χ2n) is 1.97. The molecular weight excluding hydrogens is 239 g/mol. The standard InChI is InChI=1S/C4H3F5O4S/c1-2(5)13-3(6,7)4(8,9)14(10,11)12/h1H2,(H,10,11,12). The quantitative estimate of drug-likeness (QED) is 0.461. The van der Waals surface area contributed by atoms with E-state index in [0.29, 0.717) is 0 Å². The summed E-state index contributed by atoms with van der Waals surface area (Å²) in [4.78, 5) is 0. The Morgan fingerprint density at radius 2 is 1.64 bits per heavy atom. The number of alkyl halides is 4. The summed E-state index contributed by atoms with van der Waals surface area (Å²) in [6, 6.07) is -2.32. The van der Waals surface area contributed by atoms with E-state index in [9.17, 15) is 30.4 Å². The SMILES string of the molecule is C=C(F)OC(F)(F)C(F)(F)S(=O)(=O)O. The van der Waals surface area contributed by atoms with Crippen molar-refractivity contribution in [2.75, 3.05) is 0 Å². The molecule has 0 saturated heterocycles. The van der Waals surface area contributed by atoms with Crippen molar-refractivity contribution in [2.24, 2.45) is 0 Å². The Bertz CT molecular complexity index is 334.